The molecule has 0 aliphatic carbocycles. The molecule has 6 N–H and O–H groups in total. The second kappa shape index (κ2) is 13.7. The van der Waals surface area contributed by atoms with Gasteiger partial charge in [0.25, 0.3) is 18.1 Å². The number of aliphatic imine (C=N–C) groups is 3. The predicted molar refractivity (Wildman–Crippen MR) is 155 cm³/mol. The predicted octanol–water partition coefficient (Wildman–Crippen LogP) is 5.46. The minimum Gasteiger partial charge on any atom is -0.463 e. The van der Waals surface area contributed by atoms with Gasteiger partial charge in [-0.05, 0) is 41.5 Å². The average Bonchev–Trinajstić information content (AvgIpc) is 3.70. The van der Waals surface area contributed by atoms with E-state index < -0.39 is 11.6 Å². The van der Waals surface area contributed by atoms with E-state index in [1.807, 2.05) is 36.4 Å². The Labute approximate surface area is 249 Å². The molecule has 0 unspecified atom stereocenters. The van der Waals surface area contributed by atoms with E-state index in [1.165, 1.54) is 6.07 Å². The number of nitrogens with zero attached hydrogens (tertiary/aromatic N) is 3. The standard InChI is InChI=1S/C9H8Cl2N2O.C9H9ClN2O.C9H8F2N2O/c10-6-3-1-2-5(8(6)11)7-4-14-9(12)13-7;10-7-3-1-6(2-4-7)8-5-13-9(11)12-8;10-6-2-1-5(3-7(6)11)8-4-14-9(12)13-8/h1-3,7H,4H2,(H2,12,13);1-4,8H,5H2,(H2,11,12);1-3,8H,4H2,(H2,12,13)/t7-;2*8-/m111/s1. The van der Waals surface area contributed by atoms with Crippen LogP contribution in [0.1, 0.15) is 34.8 Å². The number of rotatable bonds is 3. The van der Waals surface area contributed by atoms with E-state index in [0.717, 1.165) is 28.3 Å². The molecule has 3 aromatic carbocycles. The number of hydrogen-bond donors (Lipinski definition) is 3. The first kappa shape index (κ1) is 30.2. The molecule has 3 aliphatic heterocycles. The molecule has 216 valence electrons. The molecule has 0 saturated carbocycles. The maximum atomic E-state index is 12.8. The molecule has 3 heterocycles. The molecule has 0 bridgehead atoms. The van der Waals surface area contributed by atoms with Gasteiger partial charge in [0.15, 0.2) is 11.6 Å². The van der Waals surface area contributed by atoms with Crippen LogP contribution in [-0.2, 0) is 14.2 Å². The molecule has 0 aromatic heterocycles. The summed E-state index contributed by atoms with van der Waals surface area (Å²) in [5.74, 6) is -1.76. The van der Waals surface area contributed by atoms with Crippen molar-refractivity contribution in [1.29, 1.82) is 0 Å². The topological polar surface area (TPSA) is 143 Å². The van der Waals surface area contributed by atoms with Crippen molar-refractivity contribution in [2.45, 2.75) is 18.1 Å². The van der Waals surface area contributed by atoms with Gasteiger partial charge in [-0.3, -0.25) is 0 Å². The van der Waals surface area contributed by atoms with Crippen LogP contribution < -0.4 is 17.2 Å². The summed E-state index contributed by atoms with van der Waals surface area (Å²) in [4.78, 5) is 12.1. The second-order valence-electron chi connectivity index (χ2n) is 8.75. The van der Waals surface area contributed by atoms with Crippen LogP contribution in [0.4, 0.5) is 8.78 Å². The minimum absolute atomic E-state index is 0.0252. The van der Waals surface area contributed by atoms with Crippen molar-refractivity contribution in [1.82, 2.24) is 0 Å². The van der Waals surface area contributed by atoms with Crippen molar-refractivity contribution in [3.8, 4) is 0 Å². The van der Waals surface area contributed by atoms with Crippen LogP contribution in [0.2, 0.25) is 15.1 Å². The number of nitrogens with two attached hydrogens (primary N) is 3. The third kappa shape index (κ3) is 8.12. The fraction of sp³-hybridized carbons (Fsp3) is 0.222. The molecule has 14 heteroatoms. The van der Waals surface area contributed by atoms with Crippen LogP contribution in [-0.4, -0.2) is 37.9 Å². The van der Waals surface area contributed by atoms with Gasteiger partial charge in [0, 0.05) is 10.6 Å². The molecule has 3 atom stereocenters. The molecule has 0 fully saturated rings. The van der Waals surface area contributed by atoms with Gasteiger partial charge in [-0.15, -0.1) is 0 Å². The highest BCUT2D eigenvalue weighted by Crippen LogP contribution is 2.33. The van der Waals surface area contributed by atoms with Crippen molar-refractivity contribution in [2.75, 3.05) is 19.8 Å². The Morgan fingerprint density at radius 1 is 0.634 bits per heavy atom. The monoisotopic (exact) mass is 624 g/mol. The van der Waals surface area contributed by atoms with Crippen molar-refractivity contribution in [2.24, 2.45) is 32.2 Å². The van der Waals surface area contributed by atoms with Crippen LogP contribution in [0.25, 0.3) is 0 Å². The molecular weight excluding hydrogens is 601 g/mol. The third-order valence-corrected chi connectivity index (χ3v) is 7.03. The highest BCUT2D eigenvalue weighted by atomic mass is 35.5. The molecule has 9 nitrogen and oxygen atoms in total. The zero-order valence-corrected chi connectivity index (χ0v) is 23.6. The molecule has 0 spiro atoms. The fourth-order valence-corrected chi connectivity index (χ4v) is 4.42. The van der Waals surface area contributed by atoms with E-state index in [-0.39, 0.29) is 42.8 Å². The lowest BCUT2D eigenvalue weighted by Gasteiger charge is -2.08. The Bertz CT molecular complexity index is 1470. The Morgan fingerprint density at radius 3 is 1.66 bits per heavy atom. The van der Waals surface area contributed by atoms with Crippen molar-refractivity contribution in [3.63, 3.8) is 0 Å². The Morgan fingerprint density at radius 2 is 1.15 bits per heavy atom. The Hall–Kier alpha value is -3.80. The van der Waals surface area contributed by atoms with Crippen molar-refractivity contribution >= 4 is 52.9 Å². The summed E-state index contributed by atoms with van der Waals surface area (Å²) in [6.45, 7) is 1.22. The lowest BCUT2D eigenvalue weighted by atomic mass is 10.1. The summed E-state index contributed by atoms with van der Waals surface area (Å²) in [5, 5.41) is 1.76. The Kier molecular flexibility index (Phi) is 10.1. The van der Waals surface area contributed by atoms with E-state index >= 15 is 0 Å². The van der Waals surface area contributed by atoms with Gasteiger partial charge in [-0.1, -0.05) is 65.1 Å². The molecule has 0 saturated heterocycles. The molecule has 3 aliphatic rings. The van der Waals surface area contributed by atoms with Crippen LogP contribution in [0.5, 0.6) is 0 Å². The van der Waals surface area contributed by atoms with E-state index in [9.17, 15) is 8.78 Å². The number of benzene rings is 3. The van der Waals surface area contributed by atoms with E-state index in [1.54, 1.807) is 6.07 Å². The highest BCUT2D eigenvalue weighted by molar-refractivity contribution is 6.42. The van der Waals surface area contributed by atoms with Gasteiger partial charge in [-0.25, -0.2) is 23.8 Å². The Balaban J connectivity index is 0.000000142. The smallest absolute Gasteiger partial charge is 0.282 e. The number of amidine groups is 3. The van der Waals surface area contributed by atoms with Crippen LogP contribution in [0.3, 0.4) is 0 Å². The molecule has 6 rings (SSSR count). The quantitative estimate of drug-likeness (QED) is 0.353. The molecular formula is C27H25Cl3F2N6O3. The first-order valence-corrected chi connectivity index (χ1v) is 13.3. The van der Waals surface area contributed by atoms with Gasteiger partial charge < -0.3 is 31.4 Å². The lowest BCUT2D eigenvalue weighted by Crippen LogP contribution is -2.10. The SMILES string of the molecule is NC1=N[C@@H](c2ccc(Cl)cc2)CO1.NC1=N[C@@H](c2ccc(F)c(F)c2)CO1.NC1=N[C@@H](c2cccc(Cl)c2Cl)CO1. The number of ether oxygens (including phenoxy) is 3. The number of hydrogen-bond acceptors (Lipinski definition) is 9. The normalized spacial score (nSPS) is 20.6. The molecule has 0 radical (unpaired) electrons. The third-order valence-electron chi connectivity index (χ3n) is 5.94. The average molecular weight is 626 g/mol. The molecule has 41 heavy (non-hydrogen) atoms. The second-order valence-corrected chi connectivity index (χ2v) is 9.97. The molecule has 3 aromatic rings. The van der Waals surface area contributed by atoms with Gasteiger partial charge >= 0.3 is 0 Å². The highest BCUT2D eigenvalue weighted by Gasteiger charge is 2.22. The van der Waals surface area contributed by atoms with Crippen LogP contribution in [0.15, 0.2) is 75.6 Å². The van der Waals surface area contributed by atoms with Gasteiger partial charge in [-0.2, -0.15) is 0 Å². The largest absolute Gasteiger partial charge is 0.463 e. The number of halogens is 5. The summed E-state index contributed by atoms with van der Waals surface area (Å²) in [6.07, 6.45) is 0. The van der Waals surface area contributed by atoms with Gasteiger partial charge in [0.1, 0.15) is 37.9 Å². The van der Waals surface area contributed by atoms with Gasteiger partial charge in [0.05, 0.1) is 10.0 Å². The fourth-order valence-electron chi connectivity index (χ4n) is 3.86. The van der Waals surface area contributed by atoms with Crippen molar-refractivity contribution < 1.29 is 23.0 Å². The lowest BCUT2D eigenvalue weighted by molar-refractivity contribution is 0.314. The first-order chi connectivity index (χ1) is 19.6. The summed E-state index contributed by atoms with van der Waals surface area (Å²) < 4.78 is 40.4. The minimum atomic E-state index is -0.886. The zero-order valence-electron chi connectivity index (χ0n) is 21.3. The van der Waals surface area contributed by atoms with Crippen LogP contribution >= 0.6 is 34.8 Å². The maximum Gasteiger partial charge on any atom is 0.282 e. The maximum absolute atomic E-state index is 12.8. The molecule has 0 amide bonds. The van der Waals surface area contributed by atoms with Crippen LogP contribution in [0, 0.1) is 11.6 Å². The first-order valence-electron chi connectivity index (χ1n) is 12.1. The van der Waals surface area contributed by atoms with Crippen molar-refractivity contribution in [3.05, 3.63) is 104 Å². The summed E-state index contributed by atoms with van der Waals surface area (Å²) >= 11 is 17.7. The summed E-state index contributed by atoms with van der Waals surface area (Å²) in [5.41, 5.74) is 18.6. The summed E-state index contributed by atoms with van der Waals surface area (Å²) in [7, 11) is 0. The van der Waals surface area contributed by atoms with Gasteiger partial charge in [0.2, 0.25) is 0 Å². The summed E-state index contributed by atoms with van der Waals surface area (Å²) in [6, 6.07) is 16.7. The van der Waals surface area contributed by atoms with E-state index in [2.05, 4.69) is 15.0 Å². The van der Waals surface area contributed by atoms with E-state index in [4.69, 9.17) is 66.2 Å². The zero-order chi connectivity index (χ0) is 29.5. The van der Waals surface area contributed by atoms with E-state index in [0.29, 0.717) is 28.8 Å².